The summed E-state index contributed by atoms with van der Waals surface area (Å²) < 4.78 is 0. The van der Waals surface area contributed by atoms with Crippen LogP contribution in [0.5, 0.6) is 5.75 Å². The highest BCUT2D eigenvalue weighted by Gasteiger charge is 2.32. The fraction of sp³-hybridized carbons (Fsp3) is 0.552. The van der Waals surface area contributed by atoms with E-state index in [2.05, 4.69) is 101 Å². The van der Waals surface area contributed by atoms with Gasteiger partial charge in [0.05, 0.1) is 0 Å². The van der Waals surface area contributed by atoms with E-state index in [9.17, 15) is 9.90 Å². The first-order chi connectivity index (χ1) is 13.7. The summed E-state index contributed by atoms with van der Waals surface area (Å²) in [4.78, 5) is 12.9. The Balaban J connectivity index is 2.89. The number of ketones is 1. The molecule has 0 unspecified atom stereocenters. The molecule has 170 valence electrons. The highest BCUT2D eigenvalue weighted by Crippen LogP contribution is 2.42. The van der Waals surface area contributed by atoms with Gasteiger partial charge in [0.1, 0.15) is 5.75 Å². The van der Waals surface area contributed by atoms with E-state index in [1.165, 1.54) is 0 Å². The van der Waals surface area contributed by atoms with Gasteiger partial charge in [-0.3, -0.25) is 4.79 Å². The molecule has 0 atom stereocenters. The zero-order valence-corrected chi connectivity index (χ0v) is 21.7. The molecule has 1 aliphatic carbocycles. The molecular formula is C29H42O2. The Morgan fingerprint density at radius 1 is 0.645 bits per heavy atom. The maximum atomic E-state index is 12.9. The molecule has 0 aromatic heterocycles. The molecule has 2 rings (SSSR count). The molecule has 1 N–H and O–H groups in total. The van der Waals surface area contributed by atoms with Crippen molar-refractivity contribution in [3.8, 4) is 5.75 Å². The van der Waals surface area contributed by atoms with Gasteiger partial charge in [0.15, 0.2) is 5.78 Å². The maximum Gasteiger partial charge on any atom is 0.182 e. The smallest absolute Gasteiger partial charge is 0.182 e. The Morgan fingerprint density at radius 3 is 1.55 bits per heavy atom. The summed E-state index contributed by atoms with van der Waals surface area (Å²) in [5.74, 6) is 0.447. The Kier molecular flexibility index (Phi) is 6.33. The number of benzene rings is 1. The van der Waals surface area contributed by atoms with Crippen molar-refractivity contribution in [1.29, 1.82) is 0 Å². The number of carbonyl (C=O) groups is 1. The minimum Gasteiger partial charge on any atom is -0.508 e. The standard InChI is InChI=1S/C29H42O2/c1-26(2,3)20-16-24(30)22(28(7,8)9)14-18(20)13-19-15-23(29(10,11)12)25(31)17-21(19)27(4,5)6/h13-17,30H,1-12H3. The van der Waals surface area contributed by atoms with Gasteiger partial charge < -0.3 is 5.11 Å². The van der Waals surface area contributed by atoms with Gasteiger partial charge >= 0.3 is 0 Å². The summed E-state index contributed by atoms with van der Waals surface area (Å²) in [7, 11) is 0. The van der Waals surface area contributed by atoms with Gasteiger partial charge in [-0.15, -0.1) is 0 Å². The monoisotopic (exact) mass is 422 g/mol. The van der Waals surface area contributed by atoms with Crippen molar-refractivity contribution < 1.29 is 9.90 Å². The predicted molar refractivity (Wildman–Crippen MR) is 134 cm³/mol. The van der Waals surface area contributed by atoms with Crippen molar-refractivity contribution in [1.82, 2.24) is 0 Å². The van der Waals surface area contributed by atoms with E-state index in [4.69, 9.17) is 0 Å². The summed E-state index contributed by atoms with van der Waals surface area (Å²) in [5, 5.41) is 10.8. The molecule has 1 aromatic carbocycles. The van der Waals surface area contributed by atoms with E-state index >= 15 is 0 Å². The van der Waals surface area contributed by atoms with Gasteiger partial charge in [-0.1, -0.05) is 83.1 Å². The van der Waals surface area contributed by atoms with Crippen LogP contribution in [0.1, 0.15) is 99.8 Å². The lowest BCUT2D eigenvalue weighted by atomic mass is 9.72. The van der Waals surface area contributed by atoms with E-state index in [1.54, 1.807) is 0 Å². The third-order valence-electron chi connectivity index (χ3n) is 5.86. The highest BCUT2D eigenvalue weighted by atomic mass is 16.3. The minimum absolute atomic E-state index is 0.103. The van der Waals surface area contributed by atoms with Crippen LogP contribution in [0.3, 0.4) is 0 Å². The van der Waals surface area contributed by atoms with Gasteiger partial charge in [0.2, 0.25) is 0 Å². The number of hydrogen-bond acceptors (Lipinski definition) is 2. The van der Waals surface area contributed by atoms with Crippen LogP contribution < -0.4 is 0 Å². The van der Waals surface area contributed by atoms with Crippen LogP contribution in [0, 0.1) is 10.8 Å². The Morgan fingerprint density at radius 2 is 1.13 bits per heavy atom. The number of phenols is 1. The molecule has 0 heterocycles. The number of rotatable bonds is 1. The topological polar surface area (TPSA) is 37.3 Å². The summed E-state index contributed by atoms with van der Waals surface area (Å²) in [6, 6.07) is 4.06. The Labute approximate surface area is 190 Å². The molecule has 0 bridgehead atoms. The summed E-state index contributed by atoms with van der Waals surface area (Å²) >= 11 is 0. The molecule has 2 heteroatoms. The fourth-order valence-corrected chi connectivity index (χ4v) is 4.09. The first-order valence-corrected chi connectivity index (χ1v) is 11.3. The lowest BCUT2D eigenvalue weighted by Gasteiger charge is -2.32. The van der Waals surface area contributed by atoms with Gasteiger partial charge in [-0.05, 0) is 79.9 Å². The van der Waals surface area contributed by atoms with Crippen LogP contribution in [0.2, 0.25) is 0 Å². The molecule has 0 saturated carbocycles. The molecular weight excluding hydrogens is 380 g/mol. The third kappa shape index (κ3) is 5.59. The largest absolute Gasteiger partial charge is 0.508 e. The van der Waals surface area contributed by atoms with Crippen molar-refractivity contribution in [3.05, 3.63) is 57.7 Å². The van der Waals surface area contributed by atoms with Crippen molar-refractivity contribution in [2.24, 2.45) is 10.8 Å². The SMILES string of the molecule is CC(C)(C)C1=CC(=Cc2cc(C(C)(C)C)c(O)cc2C(C)(C)C)C(C(C)(C)C)=CC1=O. The van der Waals surface area contributed by atoms with Crippen LogP contribution in [0.4, 0.5) is 0 Å². The molecule has 0 saturated heterocycles. The average molecular weight is 423 g/mol. The van der Waals surface area contributed by atoms with Gasteiger partial charge in [-0.25, -0.2) is 0 Å². The molecule has 1 aliphatic rings. The van der Waals surface area contributed by atoms with Crippen LogP contribution in [-0.2, 0) is 15.6 Å². The van der Waals surface area contributed by atoms with Gasteiger partial charge in [-0.2, -0.15) is 0 Å². The quantitative estimate of drug-likeness (QED) is 0.499. The van der Waals surface area contributed by atoms with Crippen molar-refractivity contribution >= 4 is 11.9 Å². The molecule has 0 radical (unpaired) electrons. The van der Waals surface area contributed by atoms with E-state index < -0.39 is 0 Å². The summed E-state index contributed by atoms with van der Waals surface area (Å²) in [6.07, 6.45) is 6.12. The second-order valence-corrected chi connectivity index (χ2v) is 13.0. The zero-order chi connectivity index (χ0) is 24.2. The van der Waals surface area contributed by atoms with Crippen molar-refractivity contribution in [2.45, 2.75) is 93.9 Å². The number of allylic oxidation sites excluding steroid dienone is 5. The van der Waals surface area contributed by atoms with E-state index in [0.29, 0.717) is 5.75 Å². The number of carbonyl (C=O) groups excluding carboxylic acids is 1. The Bertz CT molecular complexity index is 970. The second kappa shape index (κ2) is 7.80. The fourth-order valence-electron chi connectivity index (χ4n) is 4.09. The van der Waals surface area contributed by atoms with Crippen molar-refractivity contribution in [2.75, 3.05) is 0 Å². The first-order valence-electron chi connectivity index (χ1n) is 11.3. The minimum atomic E-state index is -0.228. The molecule has 0 aliphatic heterocycles. The average Bonchev–Trinajstić information content (AvgIpc) is 2.53. The number of aromatic hydroxyl groups is 1. The predicted octanol–water partition coefficient (Wildman–Crippen LogP) is 7.90. The van der Waals surface area contributed by atoms with E-state index in [0.717, 1.165) is 33.4 Å². The van der Waals surface area contributed by atoms with E-state index in [-0.39, 0.29) is 27.4 Å². The Hall–Kier alpha value is -2.09. The number of phenolic OH excluding ortho intramolecular Hbond substituents is 1. The maximum absolute atomic E-state index is 12.9. The van der Waals surface area contributed by atoms with Crippen LogP contribution >= 0.6 is 0 Å². The van der Waals surface area contributed by atoms with Crippen LogP contribution in [-0.4, -0.2) is 10.9 Å². The summed E-state index contributed by atoms with van der Waals surface area (Å²) in [6.45, 7) is 25.6. The molecule has 0 amide bonds. The van der Waals surface area contributed by atoms with E-state index in [1.807, 2.05) is 12.1 Å². The zero-order valence-electron chi connectivity index (χ0n) is 21.7. The second-order valence-electron chi connectivity index (χ2n) is 13.0. The molecule has 2 nitrogen and oxygen atoms in total. The molecule has 1 aromatic rings. The van der Waals surface area contributed by atoms with Crippen molar-refractivity contribution in [3.63, 3.8) is 0 Å². The molecule has 31 heavy (non-hydrogen) atoms. The normalized spacial score (nSPS) is 17.7. The molecule has 0 spiro atoms. The van der Waals surface area contributed by atoms with Gasteiger partial charge in [0.25, 0.3) is 0 Å². The third-order valence-corrected chi connectivity index (χ3v) is 5.86. The lowest BCUT2D eigenvalue weighted by Crippen LogP contribution is -2.23. The lowest BCUT2D eigenvalue weighted by molar-refractivity contribution is -0.112. The van der Waals surface area contributed by atoms with Gasteiger partial charge in [0, 0.05) is 5.57 Å². The molecule has 0 fully saturated rings. The highest BCUT2D eigenvalue weighted by molar-refractivity contribution is 6.08. The number of hydrogen-bond donors (Lipinski definition) is 1. The van der Waals surface area contributed by atoms with Crippen LogP contribution in [0.15, 0.2) is 41.0 Å². The first kappa shape index (κ1) is 25.2. The summed E-state index contributed by atoms with van der Waals surface area (Å²) in [5.41, 5.74) is 5.39. The van der Waals surface area contributed by atoms with Crippen LogP contribution in [0.25, 0.3) is 6.08 Å².